The first-order valence-electron chi connectivity index (χ1n) is 9.11. The van der Waals surface area contributed by atoms with Crippen LogP contribution in [0.4, 0.5) is 17.1 Å². The molecule has 0 aromatic heterocycles. The maximum absolute atomic E-state index is 12.7. The van der Waals surface area contributed by atoms with Gasteiger partial charge in [0.2, 0.25) is 17.7 Å². The lowest BCUT2D eigenvalue weighted by atomic mass is 10.1. The van der Waals surface area contributed by atoms with Crippen LogP contribution in [0.5, 0.6) is 5.75 Å². The lowest BCUT2D eigenvalue weighted by Crippen LogP contribution is -2.28. The van der Waals surface area contributed by atoms with Gasteiger partial charge in [-0.25, -0.2) is 0 Å². The Morgan fingerprint density at radius 1 is 1.17 bits per heavy atom. The molecule has 8 heteroatoms. The van der Waals surface area contributed by atoms with Gasteiger partial charge in [0, 0.05) is 36.3 Å². The number of anilines is 3. The average molecular weight is 416 g/mol. The van der Waals surface area contributed by atoms with E-state index in [1.165, 1.54) is 18.9 Å². The van der Waals surface area contributed by atoms with Gasteiger partial charge in [0.05, 0.1) is 18.7 Å². The van der Waals surface area contributed by atoms with Crippen LogP contribution in [0, 0.1) is 12.8 Å². The van der Waals surface area contributed by atoms with E-state index in [-0.39, 0.29) is 30.7 Å². The van der Waals surface area contributed by atoms with Crippen molar-refractivity contribution < 1.29 is 19.1 Å². The molecule has 0 aliphatic carbocycles. The largest absolute Gasteiger partial charge is 0.495 e. The molecule has 0 bridgehead atoms. The number of amides is 3. The molecular formula is C21H22ClN3O4. The molecule has 2 N–H and O–H groups in total. The van der Waals surface area contributed by atoms with Crippen molar-refractivity contribution in [1.29, 1.82) is 0 Å². The minimum atomic E-state index is -0.499. The van der Waals surface area contributed by atoms with Gasteiger partial charge < -0.3 is 20.3 Å². The molecule has 3 amide bonds. The number of nitrogens with one attached hydrogen (secondary N) is 2. The predicted molar refractivity (Wildman–Crippen MR) is 113 cm³/mol. The fourth-order valence-corrected chi connectivity index (χ4v) is 3.47. The van der Waals surface area contributed by atoms with Crippen molar-refractivity contribution in [2.75, 3.05) is 29.2 Å². The number of carbonyl (C=O) groups is 3. The van der Waals surface area contributed by atoms with Crippen molar-refractivity contribution in [1.82, 2.24) is 0 Å². The Hall–Kier alpha value is -3.06. The summed E-state index contributed by atoms with van der Waals surface area (Å²) in [6.45, 7) is 3.52. The van der Waals surface area contributed by atoms with Crippen LogP contribution in [0.25, 0.3) is 0 Å². The molecule has 0 saturated carbocycles. The van der Waals surface area contributed by atoms with Crippen molar-refractivity contribution in [3.05, 3.63) is 47.0 Å². The summed E-state index contributed by atoms with van der Waals surface area (Å²) in [4.78, 5) is 38.0. The molecule has 1 heterocycles. The molecule has 0 spiro atoms. The average Bonchev–Trinajstić information content (AvgIpc) is 3.05. The number of hydrogen-bond acceptors (Lipinski definition) is 4. The van der Waals surface area contributed by atoms with E-state index < -0.39 is 5.92 Å². The van der Waals surface area contributed by atoms with Gasteiger partial charge in [-0.2, -0.15) is 0 Å². The van der Waals surface area contributed by atoms with Gasteiger partial charge >= 0.3 is 0 Å². The van der Waals surface area contributed by atoms with Gasteiger partial charge in [-0.05, 0) is 48.9 Å². The van der Waals surface area contributed by atoms with E-state index in [1.807, 2.05) is 6.92 Å². The van der Waals surface area contributed by atoms with E-state index in [4.69, 9.17) is 16.3 Å². The second-order valence-corrected chi connectivity index (χ2v) is 7.36. The maximum atomic E-state index is 12.7. The molecule has 1 aliphatic rings. The standard InChI is InChI=1S/C21H22ClN3O4/c1-12-8-16(5-6-17(12)23-13(2)26)24-21(28)14-9-20(27)25(11-14)18-10-15(22)4-7-19(18)29-3/h4-8,10,14H,9,11H2,1-3H3,(H,23,26)(H,24,28). The summed E-state index contributed by atoms with van der Waals surface area (Å²) in [5, 5.41) is 6.06. The first kappa shape index (κ1) is 20.7. The van der Waals surface area contributed by atoms with Crippen molar-refractivity contribution in [3.63, 3.8) is 0 Å². The van der Waals surface area contributed by atoms with E-state index in [0.29, 0.717) is 27.8 Å². The van der Waals surface area contributed by atoms with Crippen LogP contribution in [-0.4, -0.2) is 31.4 Å². The van der Waals surface area contributed by atoms with Gasteiger partial charge in [0.25, 0.3) is 0 Å². The molecule has 1 atom stereocenters. The normalized spacial score (nSPS) is 15.9. The Labute approximate surface area is 174 Å². The number of carbonyl (C=O) groups excluding carboxylic acids is 3. The monoisotopic (exact) mass is 415 g/mol. The van der Waals surface area contributed by atoms with Gasteiger partial charge in [0.15, 0.2) is 0 Å². The highest BCUT2D eigenvalue weighted by atomic mass is 35.5. The third-order valence-corrected chi connectivity index (χ3v) is 4.97. The molecule has 1 unspecified atom stereocenters. The highest BCUT2D eigenvalue weighted by Crippen LogP contribution is 2.35. The third kappa shape index (κ3) is 4.68. The van der Waals surface area contributed by atoms with Crippen LogP contribution >= 0.6 is 11.6 Å². The molecule has 0 radical (unpaired) electrons. The van der Waals surface area contributed by atoms with E-state index >= 15 is 0 Å². The first-order valence-corrected chi connectivity index (χ1v) is 9.49. The van der Waals surface area contributed by atoms with Crippen LogP contribution in [0.1, 0.15) is 18.9 Å². The predicted octanol–water partition coefficient (Wildman–Crippen LogP) is 3.61. The summed E-state index contributed by atoms with van der Waals surface area (Å²) in [6, 6.07) is 10.2. The lowest BCUT2D eigenvalue weighted by Gasteiger charge is -2.20. The SMILES string of the molecule is COc1ccc(Cl)cc1N1CC(C(=O)Nc2ccc(NC(C)=O)c(C)c2)CC1=O. The Bertz CT molecular complexity index is 976. The van der Waals surface area contributed by atoms with E-state index in [0.717, 1.165) is 5.56 Å². The van der Waals surface area contributed by atoms with Gasteiger partial charge in [-0.3, -0.25) is 14.4 Å². The second kappa shape index (κ2) is 8.53. The molecule has 1 fully saturated rings. The van der Waals surface area contributed by atoms with E-state index in [9.17, 15) is 14.4 Å². The van der Waals surface area contributed by atoms with Crippen LogP contribution in [0.3, 0.4) is 0 Å². The lowest BCUT2D eigenvalue weighted by molar-refractivity contribution is -0.122. The highest BCUT2D eigenvalue weighted by molar-refractivity contribution is 6.31. The van der Waals surface area contributed by atoms with E-state index in [2.05, 4.69) is 10.6 Å². The Kier molecular flexibility index (Phi) is 6.08. The summed E-state index contributed by atoms with van der Waals surface area (Å²) in [5.74, 6) is -0.545. The van der Waals surface area contributed by atoms with Crippen LogP contribution in [-0.2, 0) is 14.4 Å². The molecule has 152 valence electrons. The topological polar surface area (TPSA) is 87.7 Å². The molecule has 1 saturated heterocycles. The number of aryl methyl sites for hydroxylation is 1. The van der Waals surface area contributed by atoms with Crippen molar-refractivity contribution >= 4 is 46.4 Å². The van der Waals surface area contributed by atoms with Gasteiger partial charge in [-0.15, -0.1) is 0 Å². The molecule has 7 nitrogen and oxygen atoms in total. The van der Waals surface area contributed by atoms with E-state index in [1.54, 1.807) is 36.4 Å². The second-order valence-electron chi connectivity index (χ2n) is 6.92. The third-order valence-electron chi connectivity index (χ3n) is 4.73. The quantitative estimate of drug-likeness (QED) is 0.780. The molecular weight excluding hydrogens is 394 g/mol. The molecule has 3 rings (SSSR count). The molecule has 2 aromatic carbocycles. The Morgan fingerprint density at radius 2 is 1.93 bits per heavy atom. The summed E-state index contributed by atoms with van der Waals surface area (Å²) in [6.07, 6.45) is 0.102. The number of halogens is 1. The Morgan fingerprint density at radius 3 is 2.59 bits per heavy atom. The van der Waals surface area contributed by atoms with Crippen LogP contribution < -0.4 is 20.3 Å². The van der Waals surface area contributed by atoms with Crippen molar-refractivity contribution in [2.45, 2.75) is 20.3 Å². The van der Waals surface area contributed by atoms with Gasteiger partial charge in [-0.1, -0.05) is 11.6 Å². The molecule has 29 heavy (non-hydrogen) atoms. The zero-order valence-corrected chi connectivity index (χ0v) is 17.2. The molecule has 1 aliphatic heterocycles. The summed E-state index contributed by atoms with van der Waals surface area (Å²) in [7, 11) is 1.52. The van der Waals surface area contributed by atoms with Crippen molar-refractivity contribution in [3.8, 4) is 5.75 Å². The minimum Gasteiger partial charge on any atom is -0.495 e. The number of ether oxygens (including phenoxy) is 1. The number of benzene rings is 2. The summed E-state index contributed by atoms with van der Waals surface area (Å²) in [5.41, 5.74) is 2.67. The smallest absolute Gasteiger partial charge is 0.229 e. The van der Waals surface area contributed by atoms with Crippen LogP contribution in [0.15, 0.2) is 36.4 Å². The fourth-order valence-electron chi connectivity index (χ4n) is 3.31. The number of methoxy groups -OCH3 is 1. The number of rotatable bonds is 5. The first-order chi connectivity index (χ1) is 13.8. The molecule has 2 aromatic rings. The number of nitrogens with zero attached hydrogens (tertiary/aromatic N) is 1. The maximum Gasteiger partial charge on any atom is 0.229 e. The van der Waals surface area contributed by atoms with Crippen LogP contribution in [0.2, 0.25) is 5.02 Å². The van der Waals surface area contributed by atoms with Gasteiger partial charge in [0.1, 0.15) is 5.75 Å². The summed E-state index contributed by atoms with van der Waals surface area (Å²) < 4.78 is 5.32. The summed E-state index contributed by atoms with van der Waals surface area (Å²) >= 11 is 6.07. The minimum absolute atomic E-state index is 0.102. The number of hydrogen-bond donors (Lipinski definition) is 2. The van der Waals surface area contributed by atoms with Crippen molar-refractivity contribution in [2.24, 2.45) is 5.92 Å². The zero-order chi connectivity index (χ0) is 21.1. The highest BCUT2D eigenvalue weighted by Gasteiger charge is 2.36. The fraction of sp³-hybridized carbons (Fsp3) is 0.286. The zero-order valence-electron chi connectivity index (χ0n) is 16.4. The Balaban J connectivity index is 1.72.